The van der Waals surface area contributed by atoms with E-state index in [0.717, 1.165) is 0 Å². The molecule has 3 amide bonds. The van der Waals surface area contributed by atoms with Gasteiger partial charge >= 0.3 is 6.03 Å². The Morgan fingerprint density at radius 2 is 2.04 bits per heavy atom. The first-order valence-corrected chi connectivity index (χ1v) is 7.46. The van der Waals surface area contributed by atoms with Crippen molar-refractivity contribution in [3.05, 3.63) is 35.0 Å². The summed E-state index contributed by atoms with van der Waals surface area (Å²) in [5.74, 6) is 5.04. The van der Waals surface area contributed by atoms with E-state index < -0.39 is 18.0 Å². The van der Waals surface area contributed by atoms with Crippen LogP contribution in [0.1, 0.15) is 25.5 Å². The van der Waals surface area contributed by atoms with E-state index >= 15 is 0 Å². The Bertz CT molecular complexity index is 744. The van der Waals surface area contributed by atoms with E-state index in [0.29, 0.717) is 28.3 Å². The fourth-order valence-electron chi connectivity index (χ4n) is 2.58. The summed E-state index contributed by atoms with van der Waals surface area (Å²) in [7, 11) is 1.45. The maximum absolute atomic E-state index is 12.0. The van der Waals surface area contributed by atoms with Crippen LogP contribution >= 0.6 is 0 Å². The molecule has 0 saturated carbocycles. The molecule has 9 heteroatoms. The Labute approximate surface area is 144 Å². The van der Waals surface area contributed by atoms with Crippen molar-refractivity contribution in [1.82, 2.24) is 16.1 Å². The summed E-state index contributed by atoms with van der Waals surface area (Å²) in [5, 5.41) is 5.30. The molecule has 9 nitrogen and oxygen atoms in total. The van der Waals surface area contributed by atoms with E-state index in [9.17, 15) is 14.4 Å². The van der Waals surface area contributed by atoms with E-state index in [1.165, 1.54) is 14.0 Å². The molecule has 5 N–H and O–H groups in total. The van der Waals surface area contributed by atoms with Gasteiger partial charge in [-0.05, 0) is 31.5 Å². The van der Waals surface area contributed by atoms with Gasteiger partial charge in [-0.15, -0.1) is 0 Å². The maximum Gasteiger partial charge on any atom is 0.319 e. The minimum absolute atomic E-state index is 0.158. The number of urea groups is 1. The van der Waals surface area contributed by atoms with E-state index in [2.05, 4.69) is 10.6 Å². The smallest absolute Gasteiger partial charge is 0.319 e. The third-order valence-electron chi connectivity index (χ3n) is 3.69. The number of allylic oxidation sites excluding steroid dienone is 1. The van der Waals surface area contributed by atoms with Crippen molar-refractivity contribution in [3.8, 4) is 11.5 Å². The van der Waals surface area contributed by atoms with Crippen LogP contribution < -0.4 is 31.4 Å². The van der Waals surface area contributed by atoms with Gasteiger partial charge in [-0.25, -0.2) is 10.6 Å². The Morgan fingerprint density at radius 1 is 1.32 bits per heavy atom. The van der Waals surface area contributed by atoms with E-state index in [1.807, 2.05) is 5.43 Å². The predicted molar refractivity (Wildman–Crippen MR) is 88.6 cm³/mol. The topological polar surface area (TPSA) is 132 Å². The molecular weight excluding hydrogens is 328 g/mol. The van der Waals surface area contributed by atoms with Crippen LogP contribution in [0.25, 0.3) is 0 Å². The highest BCUT2D eigenvalue weighted by molar-refractivity contribution is 5.98. The molecule has 0 aromatic heterocycles. The molecule has 0 fully saturated rings. The molecule has 25 heavy (non-hydrogen) atoms. The lowest BCUT2D eigenvalue weighted by molar-refractivity contribution is -0.123. The van der Waals surface area contributed by atoms with Gasteiger partial charge in [0, 0.05) is 11.3 Å². The second kappa shape index (κ2) is 7.67. The number of hydrogen-bond donors (Lipinski definition) is 4. The lowest BCUT2D eigenvalue weighted by Crippen LogP contribution is -2.44. The van der Waals surface area contributed by atoms with Crippen molar-refractivity contribution in [1.29, 1.82) is 0 Å². The van der Waals surface area contributed by atoms with Crippen LogP contribution in [0.2, 0.25) is 0 Å². The molecule has 1 aromatic rings. The molecule has 2 rings (SSSR count). The summed E-state index contributed by atoms with van der Waals surface area (Å²) in [5.41, 5.74) is 3.56. The molecule has 134 valence electrons. The fraction of sp³-hybridized carbons (Fsp3) is 0.312. The number of rotatable bonds is 6. The SMILES string of the molecule is COc1cc([C@H]2NC(=O)NC(C)=C2C(C)=O)ccc1OCC(=O)NN. The molecule has 1 aromatic carbocycles. The lowest BCUT2D eigenvalue weighted by Gasteiger charge is -2.28. The summed E-state index contributed by atoms with van der Waals surface area (Å²) < 4.78 is 10.6. The van der Waals surface area contributed by atoms with Gasteiger partial charge in [-0.1, -0.05) is 6.07 Å². The third kappa shape index (κ3) is 4.07. The third-order valence-corrected chi connectivity index (χ3v) is 3.69. The first-order chi connectivity index (χ1) is 11.9. The monoisotopic (exact) mass is 348 g/mol. The highest BCUT2D eigenvalue weighted by atomic mass is 16.5. The molecular formula is C16H20N4O5. The van der Waals surface area contributed by atoms with Crippen molar-refractivity contribution in [2.75, 3.05) is 13.7 Å². The number of ether oxygens (including phenoxy) is 2. The molecule has 1 atom stereocenters. The van der Waals surface area contributed by atoms with Crippen LogP contribution in [-0.4, -0.2) is 31.4 Å². The molecule has 0 aliphatic carbocycles. The quantitative estimate of drug-likeness (QED) is 0.332. The summed E-state index contributed by atoms with van der Waals surface area (Å²) >= 11 is 0. The van der Waals surface area contributed by atoms with Crippen molar-refractivity contribution in [2.45, 2.75) is 19.9 Å². The predicted octanol–water partition coefficient (Wildman–Crippen LogP) is 0.281. The van der Waals surface area contributed by atoms with Gasteiger partial charge in [0.25, 0.3) is 5.91 Å². The van der Waals surface area contributed by atoms with Crippen LogP contribution in [0.4, 0.5) is 4.79 Å². The fourth-order valence-corrected chi connectivity index (χ4v) is 2.58. The first kappa shape index (κ1) is 18.3. The molecule has 1 heterocycles. The number of hydrogen-bond acceptors (Lipinski definition) is 6. The number of nitrogens with two attached hydrogens (primary N) is 1. The molecule has 1 aliphatic rings. The average Bonchev–Trinajstić information content (AvgIpc) is 2.58. The van der Waals surface area contributed by atoms with Crippen LogP contribution in [0.15, 0.2) is 29.5 Å². The van der Waals surface area contributed by atoms with Crippen LogP contribution in [0.3, 0.4) is 0 Å². The standard InChI is InChI=1S/C16H20N4O5/c1-8-14(9(2)21)15(19-16(23)18-8)10-4-5-11(12(6-10)24-3)25-7-13(22)20-17/h4-6,15H,7,17H2,1-3H3,(H,20,22)(H2,18,19,23)/t15-/m1/s1. The minimum atomic E-state index is -0.610. The molecule has 0 unspecified atom stereocenters. The second-order valence-corrected chi connectivity index (χ2v) is 5.39. The van der Waals surface area contributed by atoms with Gasteiger partial charge in [0.2, 0.25) is 0 Å². The molecule has 0 saturated heterocycles. The Hall–Kier alpha value is -3.07. The average molecular weight is 348 g/mol. The van der Waals surface area contributed by atoms with E-state index in [1.54, 1.807) is 25.1 Å². The number of nitrogens with one attached hydrogen (secondary N) is 3. The summed E-state index contributed by atoms with van der Waals surface area (Å²) in [6, 6.07) is 3.92. The number of benzene rings is 1. The Balaban J connectivity index is 2.35. The van der Waals surface area contributed by atoms with Crippen LogP contribution in [0.5, 0.6) is 11.5 Å². The van der Waals surface area contributed by atoms with E-state index in [4.69, 9.17) is 15.3 Å². The number of carbonyl (C=O) groups excluding carboxylic acids is 3. The largest absolute Gasteiger partial charge is 0.493 e. The van der Waals surface area contributed by atoms with Gasteiger partial charge in [0.15, 0.2) is 23.9 Å². The second-order valence-electron chi connectivity index (χ2n) is 5.39. The summed E-state index contributed by atoms with van der Waals surface area (Å²) in [6.45, 7) is 2.84. The van der Waals surface area contributed by atoms with E-state index in [-0.39, 0.29) is 12.4 Å². The summed E-state index contributed by atoms with van der Waals surface area (Å²) in [4.78, 5) is 34.9. The number of amides is 3. The van der Waals surface area contributed by atoms with Crippen LogP contribution in [-0.2, 0) is 9.59 Å². The first-order valence-electron chi connectivity index (χ1n) is 7.46. The number of ketones is 1. The molecule has 0 bridgehead atoms. The van der Waals surface area contributed by atoms with Crippen molar-refractivity contribution in [3.63, 3.8) is 0 Å². The maximum atomic E-state index is 12.0. The molecule has 1 aliphatic heterocycles. The van der Waals surface area contributed by atoms with Gasteiger partial charge in [0.05, 0.1) is 13.2 Å². The lowest BCUT2D eigenvalue weighted by atomic mass is 9.93. The zero-order chi connectivity index (χ0) is 18.6. The Kier molecular flexibility index (Phi) is 5.60. The van der Waals surface area contributed by atoms with Gasteiger partial charge in [0.1, 0.15) is 0 Å². The van der Waals surface area contributed by atoms with Crippen molar-refractivity contribution < 1.29 is 23.9 Å². The van der Waals surface area contributed by atoms with Gasteiger partial charge < -0.3 is 20.1 Å². The van der Waals surface area contributed by atoms with Gasteiger partial charge in [-0.2, -0.15) is 0 Å². The molecule has 0 radical (unpaired) electrons. The number of Topliss-reactive ketones (excluding diaryl/α,β-unsaturated/α-hetero) is 1. The highest BCUT2D eigenvalue weighted by Crippen LogP contribution is 2.34. The summed E-state index contributed by atoms with van der Waals surface area (Å²) in [6.07, 6.45) is 0. The molecule has 0 spiro atoms. The number of hydrazine groups is 1. The van der Waals surface area contributed by atoms with Crippen LogP contribution in [0, 0.1) is 0 Å². The van der Waals surface area contributed by atoms with Crippen molar-refractivity contribution >= 4 is 17.7 Å². The zero-order valence-corrected chi connectivity index (χ0v) is 14.1. The highest BCUT2D eigenvalue weighted by Gasteiger charge is 2.29. The minimum Gasteiger partial charge on any atom is -0.493 e. The normalized spacial score (nSPS) is 16.6. The zero-order valence-electron chi connectivity index (χ0n) is 14.1. The van der Waals surface area contributed by atoms with Crippen molar-refractivity contribution in [2.24, 2.45) is 5.84 Å². The number of carbonyl (C=O) groups is 3. The number of methoxy groups -OCH3 is 1. The Morgan fingerprint density at radius 3 is 2.64 bits per heavy atom. The van der Waals surface area contributed by atoms with Gasteiger partial charge in [-0.3, -0.25) is 15.0 Å².